The number of hydrogen-bond acceptors (Lipinski definition) is 5. The smallest absolute Gasteiger partial charge is 0.272 e. The van der Waals surface area contributed by atoms with Gasteiger partial charge in [0.25, 0.3) is 5.91 Å². The van der Waals surface area contributed by atoms with Crippen molar-refractivity contribution in [1.82, 2.24) is 10.2 Å². The van der Waals surface area contributed by atoms with Crippen LogP contribution < -0.4 is 5.32 Å². The van der Waals surface area contributed by atoms with Crippen LogP contribution in [0.25, 0.3) is 5.57 Å². The molecule has 2 atom stereocenters. The molecule has 2 unspecified atom stereocenters. The van der Waals surface area contributed by atoms with Crippen LogP contribution in [0.1, 0.15) is 37.9 Å². The molecule has 1 aliphatic carbocycles. The molecule has 26 heavy (non-hydrogen) atoms. The third kappa shape index (κ3) is 2.56. The number of allylic oxidation sites excluding steroid dienone is 3. The summed E-state index contributed by atoms with van der Waals surface area (Å²) in [5, 5.41) is 11.6. The number of hydrogen-bond donors (Lipinski definition) is 1. The van der Waals surface area contributed by atoms with E-state index in [4.69, 9.17) is 4.42 Å². The van der Waals surface area contributed by atoms with Crippen LogP contribution >= 0.6 is 0 Å². The van der Waals surface area contributed by atoms with Gasteiger partial charge in [-0.1, -0.05) is 12.2 Å². The van der Waals surface area contributed by atoms with E-state index in [2.05, 4.69) is 27.5 Å². The minimum absolute atomic E-state index is 0.0983. The van der Waals surface area contributed by atoms with Gasteiger partial charge in [0.1, 0.15) is 5.76 Å². The molecule has 0 saturated carbocycles. The molecule has 4 aliphatic rings. The Morgan fingerprint density at radius 1 is 1.23 bits per heavy atom. The highest BCUT2D eigenvalue weighted by molar-refractivity contribution is 6.53. The van der Waals surface area contributed by atoms with E-state index < -0.39 is 0 Å². The summed E-state index contributed by atoms with van der Waals surface area (Å²) >= 11 is 0. The maximum Gasteiger partial charge on any atom is 0.272 e. The topological polar surface area (TPSA) is 70.2 Å². The van der Waals surface area contributed by atoms with Crippen LogP contribution in [0.3, 0.4) is 0 Å². The van der Waals surface area contributed by atoms with Crippen LogP contribution in [0.2, 0.25) is 0 Å². The van der Waals surface area contributed by atoms with Crippen molar-refractivity contribution in [2.75, 3.05) is 7.05 Å². The predicted molar refractivity (Wildman–Crippen MR) is 100.0 cm³/mol. The number of amides is 1. The monoisotopic (exact) mass is 350 g/mol. The molecule has 3 aliphatic heterocycles. The summed E-state index contributed by atoms with van der Waals surface area (Å²) in [6.45, 7) is 0. The van der Waals surface area contributed by atoms with Gasteiger partial charge in [0.2, 0.25) is 0 Å². The molecule has 6 heteroatoms. The van der Waals surface area contributed by atoms with Gasteiger partial charge in [-0.15, -0.1) is 5.10 Å². The van der Waals surface area contributed by atoms with Gasteiger partial charge < -0.3 is 14.6 Å². The lowest BCUT2D eigenvalue weighted by atomic mass is 9.92. The fourth-order valence-corrected chi connectivity index (χ4v) is 4.67. The Bertz CT molecular complexity index is 848. The van der Waals surface area contributed by atoms with Gasteiger partial charge in [0.15, 0.2) is 5.71 Å². The average Bonchev–Trinajstić information content (AvgIpc) is 3.34. The van der Waals surface area contributed by atoms with E-state index in [0.29, 0.717) is 24.2 Å². The molecule has 2 saturated heterocycles. The molecule has 1 N–H and O–H groups in total. The molecule has 2 fully saturated rings. The molecule has 0 radical (unpaired) electrons. The normalized spacial score (nSPS) is 30.3. The van der Waals surface area contributed by atoms with Crippen LogP contribution in [0.4, 0.5) is 0 Å². The summed E-state index contributed by atoms with van der Waals surface area (Å²) in [4.78, 5) is 15.3. The predicted octanol–water partition coefficient (Wildman–Crippen LogP) is 2.55. The van der Waals surface area contributed by atoms with Crippen molar-refractivity contribution in [3.8, 4) is 0 Å². The highest BCUT2D eigenvalue weighted by Gasteiger charge is 2.39. The molecular weight excluding hydrogens is 328 g/mol. The fraction of sp³-hybridized carbons (Fsp3) is 0.450. The molecule has 1 aromatic rings. The summed E-state index contributed by atoms with van der Waals surface area (Å²) in [5.41, 5.74) is 3.18. The molecular formula is C20H22N4O2. The van der Waals surface area contributed by atoms with Crippen LogP contribution in [0.15, 0.2) is 50.7 Å². The first kappa shape index (κ1) is 15.8. The lowest BCUT2D eigenvalue weighted by molar-refractivity contribution is -0.115. The molecule has 134 valence electrons. The number of rotatable bonds is 3. The highest BCUT2D eigenvalue weighted by atomic mass is 16.3. The maximum absolute atomic E-state index is 12.8. The van der Waals surface area contributed by atoms with Crippen molar-refractivity contribution >= 4 is 22.9 Å². The second-order valence-electron chi connectivity index (χ2n) is 7.61. The van der Waals surface area contributed by atoms with Crippen molar-refractivity contribution in [2.45, 2.75) is 50.2 Å². The molecule has 4 heterocycles. The van der Waals surface area contributed by atoms with E-state index in [0.717, 1.165) is 35.5 Å². The van der Waals surface area contributed by atoms with Gasteiger partial charge in [-0.25, -0.2) is 0 Å². The van der Waals surface area contributed by atoms with E-state index in [-0.39, 0.29) is 11.9 Å². The van der Waals surface area contributed by atoms with Crippen molar-refractivity contribution in [2.24, 2.45) is 10.2 Å². The number of fused-ring (bicyclic) bond motifs is 3. The zero-order valence-corrected chi connectivity index (χ0v) is 14.8. The number of nitrogens with zero attached hydrogens (tertiary/aromatic N) is 3. The quantitative estimate of drug-likeness (QED) is 0.911. The van der Waals surface area contributed by atoms with Crippen LogP contribution in [-0.4, -0.2) is 47.4 Å². The van der Waals surface area contributed by atoms with Gasteiger partial charge in [0.05, 0.1) is 12.0 Å². The minimum atomic E-state index is -0.0983. The third-order valence-electron chi connectivity index (χ3n) is 6.13. The summed E-state index contributed by atoms with van der Waals surface area (Å²) < 4.78 is 5.46. The molecule has 2 bridgehead atoms. The Hall–Kier alpha value is -2.47. The Kier molecular flexibility index (Phi) is 3.67. The summed E-state index contributed by atoms with van der Waals surface area (Å²) in [6.07, 6.45) is 10.8. The van der Waals surface area contributed by atoms with Crippen molar-refractivity contribution < 1.29 is 9.21 Å². The summed E-state index contributed by atoms with van der Waals surface area (Å²) in [6, 6.07) is 5.24. The third-order valence-corrected chi connectivity index (χ3v) is 6.13. The van der Waals surface area contributed by atoms with E-state index in [9.17, 15) is 4.79 Å². The van der Waals surface area contributed by atoms with E-state index in [1.807, 2.05) is 24.3 Å². The molecule has 0 aromatic carbocycles. The second-order valence-corrected chi connectivity index (χ2v) is 7.61. The van der Waals surface area contributed by atoms with Crippen molar-refractivity contribution in [1.29, 1.82) is 0 Å². The number of nitrogens with one attached hydrogen (secondary N) is 1. The van der Waals surface area contributed by atoms with Gasteiger partial charge in [-0.05, 0) is 44.9 Å². The summed E-state index contributed by atoms with van der Waals surface area (Å²) in [5.74, 6) is 0.738. The lowest BCUT2D eigenvalue weighted by Gasteiger charge is -2.36. The van der Waals surface area contributed by atoms with Gasteiger partial charge in [-0.3, -0.25) is 4.79 Å². The van der Waals surface area contributed by atoms with Crippen molar-refractivity contribution in [3.05, 3.63) is 41.9 Å². The molecule has 1 aromatic heterocycles. The Labute approximate surface area is 152 Å². The first-order chi connectivity index (χ1) is 12.7. The van der Waals surface area contributed by atoms with E-state index in [1.54, 1.807) is 6.26 Å². The first-order valence-electron chi connectivity index (χ1n) is 9.32. The molecule has 5 rings (SSSR count). The largest absolute Gasteiger partial charge is 0.465 e. The van der Waals surface area contributed by atoms with Crippen LogP contribution in [-0.2, 0) is 4.79 Å². The minimum Gasteiger partial charge on any atom is -0.465 e. The zero-order valence-electron chi connectivity index (χ0n) is 14.8. The van der Waals surface area contributed by atoms with Gasteiger partial charge >= 0.3 is 0 Å². The number of furan rings is 1. The van der Waals surface area contributed by atoms with Crippen LogP contribution in [0.5, 0.6) is 0 Å². The molecule has 6 nitrogen and oxygen atoms in total. The Balaban J connectivity index is 1.29. The SMILES string of the molecule is CN1C2CCC1CC(NC(=O)C1=NN=C3CC(c4ccco4)=CC=C31)C2. The maximum atomic E-state index is 12.8. The summed E-state index contributed by atoms with van der Waals surface area (Å²) in [7, 11) is 2.21. The van der Waals surface area contributed by atoms with Gasteiger partial charge in [0, 0.05) is 35.7 Å². The van der Waals surface area contributed by atoms with E-state index >= 15 is 0 Å². The average molecular weight is 350 g/mol. The fourth-order valence-electron chi connectivity index (χ4n) is 4.67. The lowest BCUT2D eigenvalue weighted by Crippen LogP contribution is -2.50. The number of piperidine rings is 1. The molecule has 1 amide bonds. The zero-order chi connectivity index (χ0) is 17.7. The standard InChI is InChI=1S/C20H22N4O2/c1-24-14-5-6-15(24)11-13(10-14)21-20(25)19-16-7-4-12(9-17(16)22-23-19)18-3-2-8-26-18/h2-4,7-8,13-15H,5-6,9-11H2,1H3,(H,21,25). The number of carbonyl (C=O) groups is 1. The highest BCUT2D eigenvalue weighted by Crippen LogP contribution is 2.34. The first-order valence-corrected chi connectivity index (χ1v) is 9.32. The second kappa shape index (κ2) is 6.06. The number of carbonyl (C=O) groups excluding carboxylic acids is 1. The Morgan fingerprint density at radius 2 is 2.04 bits per heavy atom. The Morgan fingerprint density at radius 3 is 2.77 bits per heavy atom. The van der Waals surface area contributed by atoms with Gasteiger partial charge in [-0.2, -0.15) is 5.10 Å². The van der Waals surface area contributed by atoms with Crippen molar-refractivity contribution in [3.63, 3.8) is 0 Å². The van der Waals surface area contributed by atoms with E-state index in [1.165, 1.54) is 12.8 Å². The van der Waals surface area contributed by atoms with Crippen LogP contribution in [0, 0.1) is 0 Å². The molecule has 0 spiro atoms.